The molecule has 19 heavy (non-hydrogen) atoms. The molecule has 1 rings (SSSR count). The maximum absolute atomic E-state index is 5.98. The summed E-state index contributed by atoms with van der Waals surface area (Å²) in [7, 11) is 0. The van der Waals surface area contributed by atoms with Crippen molar-refractivity contribution in [3.05, 3.63) is 34.3 Å². The zero-order valence-electron chi connectivity index (χ0n) is 12.4. The lowest BCUT2D eigenvalue weighted by atomic mass is 9.91. The number of halogens is 1. The predicted octanol–water partition coefficient (Wildman–Crippen LogP) is 3.73. The molecule has 2 nitrogen and oxygen atoms in total. The quantitative estimate of drug-likeness (QED) is 0.763. The van der Waals surface area contributed by atoms with Gasteiger partial charge in [0.15, 0.2) is 0 Å². The van der Waals surface area contributed by atoms with E-state index in [1.807, 2.05) is 0 Å². The molecule has 1 atom stereocenters. The number of nitrogens with one attached hydrogen (secondary N) is 1. The van der Waals surface area contributed by atoms with Crippen molar-refractivity contribution in [2.24, 2.45) is 11.7 Å². The first-order valence-corrected chi connectivity index (χ1v) is 8.01. The molecule has 0 saturated carbocycles. The Morgan fingerprint density at radius 2 is 1.79 bits per heavy atom. The Labute approximate surface area is 126 Å². The van der Waals surface area contributed by atoms with Crippen LogP contribution in [-0.4, -0.2) is 18.6 Å². The molecule has 0 fully saturated rings. The SMILES string of the molecule is CCC(CC)CNC(C)(CN)Cc1ccc(Br)cc1. The highest BCUT2D eigenvalue weighted by atomic mass is 79.9. The summed E-state index contributed by atoms with van der Waals surface area (Å²) < 4.78 is 1.12. The van der Waals surface area contributed by atoms with Crippen molar-refractivity contribution in [2.75, 3.05) is 13.1 Å². The Hall–Kier alpha value is -0.380. The summed E-state index contributed by atoms with van der Waals surface area (Å²) in [4.78, 5) is 0. The van der Waals surface area contributed by atoms with Crippen LogP contribution in [0.3, 0.4) is 0 Å². The lowest BCUT2D eigenvalue weighted by Crippen LogP contribution is -2.51. The van der Waals surface area contributed by atoms with Crippen LogP contribution in [0.1, 0.15) is 39.2 Å². The maximum Gasteiger partial charge on any atom is 0.0316 e. The Morgan fingerprint density at radius 1 is 1.21 bits per heavy atom. The van der Waals surface area contributed by atoms with Crippen LogP contribution in [0.5, 0.6) is 0 Å². The summed E-state index contributed by atoms with van der Waals surface area (Å²) in [5.41, 5.74) is 7.29. The minimum Gasteiger partial charge on any atom is -0.329 e. The molecule has 0 heterocycles. The summed E-state index contributed by atoms with van der Waals surface area (Å²) in [6, 6.07) is 8.51. The van der Waals surface area contributed by atoms with Gasteiger partial charge in [-0.25, -0.2) is 0 Å². The van der Waals surface area contributed by atoms with Gasteiger partial charge >= 0.3 is 0 Å². The van der Waals surface area contributed by atoms with Crippen molar-refractivity contribution in [3.63, 3.8) is 0 Å². The van der Waals surface area contributed by atoms with Crippen molar-refractivity contribution in [1.82, 2.24) is 5.32 Å². The fourth-order valence-corrected chi connectivity index (χ4v) is 2.49. The average molecular weight is 327 g/mol. The molecule has 1 unspecified atom stereocenters. The Morgan fingerprint density at radius 3 is 2.26 bits per heavy atom. The molecule has 0 aliphatic carbocycles. The fourth-order valence-electron chi connectivity index (χ4n) is 2.23. The van der Waals surface area contributed by atoms with Gasteiger partial charge in [-0.15, -0.1) is 0 Å². The molecule has 1 aromatic carbocycles. The second kappa shape index (κ2) is 8.03. The Kier molecular flexibility index (Phi) is 7.05. The van der Waals surface area contributed by atoms with Gasteiger partial charge in [0.25, 0.3) is 0 Å². The molecule has 0 spiro atoms. The lowest BCUT2D eigenvalue weighted by Gasteiger charge is -2.31. The fraction of sp³-hybridized carbons (Fsp3) is 0.625. The molecule has 0 saturated heterocycles. The van der Waals surface area contributed by atoms with Gasteiger partial charge in [0, 0.05) is 16.6 Å². The molecule has 108 valence electrons. The number of benzene rings is 1. The smallest absolute Gasteiger partial charge is 0.0316 e. The van der Waals surface area contributed by atoms with Crippen molar-refractivity contribution in [2.45, 2.75) is 45.6 Å². The van der Waals surface area contributed by atoms with Gasteiger partial charge in [-0.1, -0.05) is 54.8 Å². The summed E-state index contributed by atoms with van der Waals surface area (Å²) in [5, 5.41) is 3.67. The molecular formula is C16H27BrN2. The molecule has 0 amide bonds. The van der Waals surface area contributed by atoms with Crippen LogP contribution in [0.25, 0.3) is 0 Å². The molecule has 0 radical (unpaired) electrons. The molecule has 0 aliphatic heterocycles. The second-order valence-electron chi connectivity index (χ2n) is 5.63. The highest BCUT2D eigenvalue weighted by molar-refractivity contribution is 9.10. The molecule has 0 aromatic heterocycles. The second-order valence-corrected chi connectivity index (χ2v) is 6.55. The zero-order chi connectivity index (χ0) is 14.3. The van der Waals surface area contributed by atoms with Gasteiger partial charge in [0.2, 0.25) is 0 Å². The molecule has 0 aliphatic rings. The van der Waals surface area contributed by atoms with E-state index >= 15 is 0 Å². The standard InChI is InChI=1S/C16H27BrN2/c1-4-13(5-2)11-19-16(3,12-18)10-14-6-8-15(17)9-7-14/h6-9,13,19H,4-5,10-12,18H2,1-3H3. The van der Waals surface area contributed by atoms with E-state index in [0.717, 1.165) is 23.4 Å². The highest BCUT2D eigenvalue weighted by Gasteiger charge is 2.23. The van der Waals surface area contributed by atoms with Crippen molar-refractivity contribution >= 4 is 15.9 Å². The third kappa shape index (κ3) is 5.64. The first kappa shape index (κ1) is 16.7. The third-order valence-corrected chi connectivity index (χ3v) is 4.46. The van der Waals surface area contributed by atoms with E-state index in [0.29, 0.717) is 6.54 Å². The van der Waals surface area contributed by atoms with Crippen LogP contribution >= 0.6 is 15.9 Å². The van der Waals surface area contributed by atoms with Gasteiger partial charge in [0.05, 0.1) is 0 Å². The van der Waals surface area contributed by atoms with Crippen LogP contribution in [0.2, 0.25) is 0 Å². The van der Waals surface area contributed by atoms with Crippen molar-refractivity contribution in [1.29, 1.82) is 0 Å². The van der Waals surface area contributed by atoms with Crippen molar-refractivity contribution < 1.29 is 0 Å². The van der Waals surface area contributed by atoms with Gasteiger partial charge < -0.3 is 11.1 Å². The van der Waals surface area contributed by atoms with Crippen LogP contribution < -0.4 is 11.1 Å². The van der Waals surface area contributed by atoms with Crippen LogP contribution in [-0.2, 0) is 6.42 Å². The summed E-state index contributed by atoms with van der Waals surface area (Å²) >= 11 is 3.47. The van der Waals surface area contributed by atoms with E-state index in [1.165, 1.54) is 18.4 Å². The normalized spacial score (nSPS) is 14.6. The number of nitrogens with two attached hydrogens (primary N) is 1. The van der Waals surface area contributed by atoms with Gasteiger partial charge in [-0.3, -0.25) is 0 Å². The summed E-state index contributed by atoms with van der Waals surface area (Å²) in [6.07, 6.45) is 3.42. The van der Waals surface area contributed by atoms with E-state index < -0.39 is 0 Å². The van der Waals surface area contributed by atoms with Gasteiger partial charge in [0.1, 0.15) is 0 Å². The summed E-state index contributed by atoms with van der Waals surface area (Å²) in [6.45, 7) is 8.44. The van der Waals surface area contributed by atoms with Crippen molar-refractivity contribution in [3.8, 4) is 0 Å². The lowest BCUT2D eigenvalue weighted by molar-refractivity contribution is 0.319. The largest absolute Gasteiger partial charge is 0.329 e. The highest BCUT2D eigenvalue weighted by Crippen LogP contribution is 2.17. The first-order valence-electron chi connectivity index (χ1n) is 7.22. The first-order chi connectivity index (χ1) is 9.03. The van der Waals surface area contributed by atoms with E-state index in [4.69, 9.17) is 5.73 Å². The third-order valence-electron chi connectivity index (χ3n) is 3.93. The van der Waals surface area contributed by atoms with E-state index in [1.54, 1.807) is 0 Å². The topological polar surface area (TPSA) is 38.0 Å². The van der Waals surface area contributed by atoms with E-state index in [2.05, 4.69) is 66.3 Å². The molecule has 1 aromatic rings. The minimum atomic E-state index is -0.0174. The zero-order valence-corrected chi connectivity index (χ0v) is 14.0. The van der Waals surface area contributed by atoms with Crippen LogP contribution in [0.15, 0.2) is 28.7 Å². The number of hydrogen-bond acceptors (Lipinski definition) is 2. The van der Waals surface area contributed by atoms with Gasteiger partial charge in [-0.05, 0) is 43.5 Å². The van der Waals surface area contributed by atoms with Gasteiger partial charge in [-0.2, -0.15) is 0 Å². The van der Waals surface area contributed by atoms with E-state index in [-0.39, 0.29) is 5.54 Å². The Bertz CT molecular complexity index is 360. The number of hydrogen-bond donors (Lipinski definition) is 2. The molecule has 0 bridgehead atoms. The van der Waals surface area contributed by atoms with Crippen LogP contribution in [0, 0.1) is 5.92 Å². The molecular weight excluding hydrogens is 300 g/mol. The summed E-state index contributed by atoms with van der Waals surface area (Å²) in [5.74, 6) is 0.746. The monoisotopic (exact) mass is 326 g/mol. The van der Waals surface area contributed by atoms with E-state index in [9.17, 15) is 0 Å². The number of rotatable bonds is 8. The molecule has 3 heteroatoms. The average Bonchev–Trinajstić information content (AvgIpc) is 2.42. The van der Waals surface area contributed by atoms with Crippen LogP contribution in [0.4, 0.5) is 0 Å². The maximum atomic E-state index is 5.98. The predicted molar refractivity (Wildman–Crippen MR) is 87.4 cm³/mol. The Balaban J connectivity index is 2.61. The minimum absolute atomic E-state index is 0.0174. The molecule has 3 N–H and O–H groups in total.